The highest BCUT2D eigenvalue weighted by Gasteiger charge is 2.11. The largest absolute Gasteiger partial charge is 0.321 e. The Bertz CT molecular complexity index is 304. The third kappa shape index (κ3) is 0.932. The SMILES string of the molecule is C#Cc1ncc2n1CCCC2. The van der Waals surface area contributed by atoms with Crippen LogP contribution in [0, 0.1) is 12.3 Å². The molecular weight excluding hydrogens is 136 g/mol. The Kier molecular flexibility index (Phi) is 1.43. The molecule has 1 aliphatic heterocycles. The second kappa shape index (κ2) is 2.43. The number of rotatable bonds is 0. The van der Waals surface area contributed by atoms with Crippen molar-refractivity contribution >= 4 is 0 Å². The molecule has 0 aromatic carbocycles. The minimum atomic E-state index is 0.791. The molecule has 2 rings (SSSR count). The lowest BCUT2D eigenvalue weighted by Crippen LogP contribution is -2.10. The molecule has 2 heteroatoms. The summed E-state index contributed by atoms with van der Waals surface area (Å²) in [5, 5.41) is 0. The van der Waals surface area contributed by atoms with E-state index in [0.29, 0.717) is 0 Å². The smallest absolute Gasteiger partial charge is 0.185 e. The molecular formula is C9H10N2. The third-order valence-corrected chi connectivity index (χ3v) is 2.13. The van der Waals surface area contributed by atoms with E-state index in [2.05, 4.69) is 15.5 Å². The molecule has 56 valence electrons. The van der Waals surface area contributed by atoms with E-state index in [0.717, 1.165) is 18.8 Å². The van der Waals surface area contributed by atoms with E-state index in [-0.39, 0.29) is 0 Å². The van der Waals surface area contributed by atoms with Gasteiger partial charge in [-0.25, -0.2) is 4.98 Å². The van der Waals surface area contributed by atoms with Gasteiger partial charge in [0.15, 0.2) is 5.82 Å². The van der Waals surface area contributed by atoms with E-state index in [1.807, 2.05) is 6.20 Å². The zero-order valence-corrected chi connectivity index (χ0v) is 6.38. The summed E-state index contributed by atoms with van der Waals surface area (Å²) in [4.78, 5) is 4.14. The van der Waals surface area contributed by atoms with Crippen LogP contribution in [0.2, 0.25) is 0 Å². The average Bonchev–Trinajstić information content (AvgIpc) is 2.47. The Hall–Kier alpha value is -1.23. The van der Waals surface area contributed by atoms with Crippen molar-refractivity contribution in [2.45, 2.75) is 25.8 Å². The molecule has 0 amide bonds. The summed E-state index contributed by atoms with van der Waals surface area (Å²) in [5.41, 5.74) is 1.30. The summed E-state index contributed by atoms with van der Waals surface area (Å²) >= 11 is 0. The van der Waals surface area contributed by atoms with Crippen molar-refractivity contribution in [3.8, 4) is 12.3 Å². The van der Waals surface area contributed by atoms with Gasteiger partial charge < -0.3 is 4.57 Å². The Balaban J connectivity index is 2.48. The Labute approximate surface area is 66.3 Å². The maximum absolute atomic E-state index is 5.29. The van der Waals surface area contributed by atoms with Crippen LogP contribution in [0.5, 0.6) is 0 Å². The first-order valence-corrected chi connectivity index (χ1v) is 3.93. The molecule has 0 spiro atoms. The molecule has 0 N–H and O–H groups in total. The predicted octanol–water partition coefficient (Wildman–Crippen LogP) is 1.20. The molecule has 2 heterocycles. The molecule has 0 saturated heterocycles. The normalized spacial score (nSPS) is 15.5. The number of fused-ring (bicyclic) bond motifs is 1. The van der Waals surface area contributed by atoms with E-state index in [1.165, 1.54) is 18.5 Å². The van der Waals surface area contributed by atoms with Crippen LogP contribution in [0.25, 0.3) is 0 Å². The highest BCUT2D eigenvalue weighted by molar-refractivity contribution is 5.21. The fourth-order valence-electron chi connectivity index (χ4n) is 1.55. The van der Waals surface area contributed by atoms with Crippen LogP contribution in [0.15, 0.2) is 6.20 Å². The molecule has 0 radical (unpaired) electrons. The van der Waals surface area contributed by atoms with Crippen molar-refractivity contribution in [3.63, 3.8) is 0 Å². The first-order chi connectivity index (χ1) is 5.42. The van der Waals surface area contributed by atoms with Crippen LogP contribution in [-0.4, -0.2) is 9.55 Å². The molecule has 0 saturated carbocycles. The number of aromatic nitrogens is 2. The summed E-state index contributed by atoms with van der Waals surface area (Å²) in [6, 6.07) is 0. The summed E-state index contributed by atoms with van der Waals surface area (Å²) in [6.45, 7) is 1.05. The number of terminal acetylenes is 1. The standard InChI is InChI=1S/C9H10N2/c1-2-9-10-7-8-5-3-4-6-11(8)9/h1,7H,3-6H2. The van der Waals surface area contributed by atoms with Crippen molar-refractivity contribution in [1.29, 1.82) is 0 Å². The highest BCUT2D eigenvalue weighted by atomic mass is 15.1. The van der Waals surface area contributed by atoms with Gasteiger partial charge in [-0.3, -0.25) is 0 Å². The van der Waals surface area contributed by atoms with E-state index in [1.54, 1.807) is 0 Å². The molecule has 1 aromatic rings. The van der Waals surface area contributed by atoms with Gasteiger partial charge in [-0.15, -0.1) is 6.42 Å². The molecule has 11 heavy (non-hydrogen) atoms. The van der Waals surface area contributed by atoms with Crippen molar-refractivity contribution in [3.05, 3.63) is 17.7 Å². The van der Waals surface area contributed by atoms with Crippen molar-refractivity contribution < 1.29 is 0 Å². The number of hydrogen-bond acceptors (Lipinski definition) is 1. The van der Waals surface area contributed by atoms with Crippen LogP contribution in [0.3, 0.4) is 0 Å². The zero-order chi connectivity index (χ0) is 7.68. The summed E-state index contributed by atoms with van der Waals surface area (Å²) in [7, 11) is 0. The van der Waals surface area contributed by atoms with Crippen LogP contribution >= 0.6 is 0 Å². The van der Waals surface area contributed by atoms with Gasteiger partial charge in [0, 0.05) is 18.4 Å². The lowest BCUT2D eigenvalue weighted by Gasteiger charge is -2.14. The van der Waals surface area contributed by atoms with Crippen molar-refractivity contribution in [2.24, 2.45) is 0 Å². The summed E-state index contributed by atoms with van der Waals surface area (Å²) < 4.78 is 2.14. The van der Waals surface area contributed by atoms with Gasteiger partial charge >= 0.3 is 0 Å². The molecule has 0 unspecified atom stereocenters. The fourth-order valence-corrected chi connectivity index (χ4v) is 1.55. The second-order valence-electron chi connectivity index (χ2n) is 2.83. The minimum Gasteiger partial charge on any atom is -0.321 e. The zero-order valence-electron chi connectivity index (χ0n) is 6.38. The van der Waals surface area contributed by atoms with Crippen LogP contribution < -0.4 is 0 Å². The van der Waals surface area contributed by atoms with Crippen molar-refractivity contribution in [1.82, 2.24) is 9.55 Å². The first-order valence-electron chi connectivity index (χ1n) is 3.93. The first kappa shape index (κ1) is 6.48. The Morgan fingerprint density at radius 3 is 3.27 bits per heavy atom. The van der Waals surface area contributed by atoms with Crippen LogP contribution in [0.4, 0.5) is 0 Å². The van der Waals surface area contributed by atoms with Gasteiger partial charge in [-0.1, -0.05) is 0 Å². The number of imidazole rings is 1. The van der Waals surface area contributed by atoms with Crippen LogP contribution in [0.1, 0.15) is 24.4 Å². The average molecular weight is 146 g/mol. The monoisotopic (exact) mass is 146 g/mol. The molecule has 0 fully saturated rings. The maximum Gasteiger partial charge on any atom is 0.185 e. The van der Waals surface area contributed by atoms with Gasteiger partial charge in [-0.2, -0.15) is 0 Å². The molecule has 2 nitrogen and oxygen atoms in total. The molecule has 1 aromatic heterocycles. The van der Waals surface area contributed by atoms with E-state index < -0.39 is 0 Å². The quantitative estimate of drug-likeness (QED) is 0.503. The lowest BCUT2D eigenvalue weighted by molar-refractivity contribution is 0.528. The van der Waals surface area contributed by atoms with Gasteiger partial charge in [0.1, 0.15) is 0 Å². The highest BCUT2D eigenvalue weighted by Crippen LogP contribution is 2.15. The predicted molar refractivity (Wildman–Crippen MR) is 43.1 cm³/mol. The number of hydrogen-bond donors (Lipinski definition) is 0. The van der Waals surface area contributed by atoms with E-state index >= 15 is 0 Å². The van der Waals surface area contributed by atoms with Gasteiger partial charge in [0.2, 0.25) is 0 Å². The Morgan fingerprint density at radius 1 is 1.55 bits per heavy atom. The van der Waals surface area contributed by atoms with Crippen LogP contribution in [-0.2, 0) is 13.0 Å². The van der Waals surface area contributed by atoms with Crippen molar-refractivity contribution in [2.75, 3.05) is 0 Å². The Morgan fingerprint density at radius 2 is 2.45 bits per heavy atom. The van der Waals surface area contributed by atoms with Gasteiger partial charge in [0.25, 0.3) is 0 Å². The molecule has 1 aliphatic rings. The second-order valence-corrected chi connectivity index (χ2v) is 2.83. The summed E-state index contributed by atoms with van der Waals surface area (Å²) in [6.07, 6.45) is 10.8. The summed E-state index contributed by atoms with van der Waals surface area (Å²) in [5.74, 6) is 3.38. The topological polar surface area (TPSA) is 17.8 Å². The third-order valence-electron chi connectivity index (χ3n) is 2.13. The minimum absolute atomic E-state index is 0.791. The van der Waals surface area contributed by atoms with E-state index in [4.69, 9.17) is 6.42 Å². The maximum atomic E-state index is 5.29. The number of nitrogens with zero attached hydrogens (tertiary/aromatic N) is 2. The van der Waals surface area contributed by atoms with Gasteiger partial charge in [-0.05, 0) is 25.2 Å². The van der Waals surface area contributed by atoms with Gasteiger partial charge in [0.05, 0.1) is 0 Å². The van der Waals surface area contributed by atoms with E-state index in [9.17, 15) is 0 Å². The molecule has 0 bridgehead atoms. The molecule has 0 atom stereocenters. The fraction of sp³-hybridized carbons (Fsp3) is 0.444. The lowest BCUT2D eigenvalue weighted by atomic mass is 10.1. The number of aryl methyl sites for hydroxylation is 1. The molecule has 0 aliphatic carbocycles.